The number of nitriles is 1. The summed E-state index contributed by atoms with van der Waals surface area (Å²) in [4.78, 5) is 16.9. The van der Waals surface area contributed by atoms with Crippen molar-refractivity contribution in [3.63, 3.8) is 0 Å². The van der Waals surface area contributed by atoms with E-state index in [4.69, 9.17) is 0 Å². The van der Waals surface area contributed by atoms with E-state index in [0.717, 1.165) is 33.3 Å². The third-order valence-corrected chi connectivity index (χ3v) is 6.41. The second kappa shape index (κ2) is 7.13. The minimum absolute atomic E-state index is 0.0848. The number of nitrogens with zero attached hydrogens (tertiary/aromatic N) is 3. The smallest absolute Gasteiger partial charge is 0.229 e. The van der Waals surface area contributed by atoms with Crippen molar-refractivity contribution in [1.29, 1.82) is 5.26 Å². The zero-order valence-corrected chi connectivity index (χ0v) is 16.3. The van der Waals surface area contributed by atoms with Crippen molar-refractivity contribution in [3.8, 4) is 6.07 Å². The summed E-state index contributed by atoms with van der Waals surface area (Å²) in [5.74, 6) is 0.670. The van der Waals surface area contributed by atoms with Gasteiger partial charge in [-0.15, -0.1) is 0 Å². The first kappa shape index (κ1) is 17.7. The lowest BCUT2D eigenvalue weighted by Gasteiger charge is -2.42. The Morgan fingerprint density at radius 2 is 1.85 bits per heavy atom. The number of carbonyl (C=O) groups is 1. The molecule has 4 nitrogen and oxygen atoms in total. The number of carbonyl (C=O) groups excluding carboxylic acids is 1. The second-order valence-electron chi connectivity index (χ2n) is 7.06. The van der Waals surface area contributed by atoms with Crippen LogP contribution in [0.4, 0.5) is 5.69 Å². The molecule has 1 saturated heterocycles. The Labute approximate surface area is 164 Å². The molecule has 0 bridgehead atoms. The first-order valence-electron chi connectivity index (χ1n) is 9.03. The van der Waals surface area contributed by atoms with Crippen LogP contribution >= 0.6 is 11.8 Å². The third-order valence-electron chi connectivity index (χ3n) is 5.26. The average molecular weight is 375 g/mol. The van der Waals surface area contributed by atoms with Gasteiger partial charge in [-0.2, -0.15) is 5.26 Å². The van der Waals surface area contributed by atoms with Crippen molar-refractivity contribution in [2.24, 2.45) is 0 Å². The maximum Gasteiger partial charge on any atom is 0.229 e. The van der Waals surface area contributed by atoms with E-state index in [0.29, 0.717) is 13.1 Å². The van der Waals surface area contributed by atoms with E-state index in [9.17, 15) is 10.1 Å². The van der Waals surface area contributed by atoms with Gasteiger partial charge >= 0.3 is 0 Å². The van der Waals surface area contributed by atoms with Gasteiger partial charge in [0.25, 0.3) is 0 Å². The number of rotatable bonds is 2. The number of benzene rings is 2. The van der Waals surface area contributed by atoms with E-state index >= 15 is 0 Å². The topological polar surface area (TPSA) is 47.3 Å². The minimum Gasteiger partial charge on any atom is -0.344 e. The van der Waals surface area contributed by atoms with Crippen molar-refractivity contribution in [2.45, 2.75) is 26.2 Å². The van der Waals surface area contributed by atoms with Crippen LogP contribution in [-0.4, -0.2) is 23.4 Å². The van der Waals surface area contributed by atoms with Gasteiger partial charge < -0.3 is 4.90 Å². The van der Waals surface area contributed by atoms with Crippen LogP contribution in [0.3, 0.4) is 0 Å². The molecule has 2 aromatic rings. The molecular formula is C22H21N3OS. The molecule has 0 aliphatic carbocycles. The van der Waals surface area contributed by atoms with Gasteiger partial charge in [-0.25, -0.2) is 0 Å². The number of hydrogen-bond donors (Lipinski definition) is 0. The standard InChI is InChI=1S/C22H21N3OS/c1-15-7-9-17(10-8-15)24-13-25-21(26)11-19(18-6-4-3-5-16(18)2)20(12-23)22(25)27-14-24/h3-10,19H,11,13-14H2,1-2H3/t19-/m0/s1. The number of amides is 1. The number of allylic oxidation sites excluding steroid dienone is 1. The molecule has 5 heteroatoms. The van der Waals surface area contributed by atoms with Crippen molar-refractivity contribution in [2.75, 3.05) is 17.4 Å². The molecule has 0 spiro atoms. The Morgan fingerprint density at radius 1 is 1.11 bits per heavy atom. The van der Waals surface area contributed by atoms with Gasteiger partial charge in [0, 0.05) is 18.0 Å². The molecule has 0 radical (unpaired) electrons. The fourth-order valence-corrected chi connectivity index (χ4v) is 4.89. The van der Waals surface area contributed by atoms with Crippen LogP contribution in [-0.2, 0) is 4.79 Å². The molecule has 2 aliphatic rings. The van der Waals surface area contributed by atoms with Gasteiger partial charge in [-0.1, -0.05) is 53.7 Å². The molecule has 0 aromatic heterocycles. The number of fused-ring (bicyclic) bond motifs is 1. The number of anilines is 1. The molecule has 1 fully saturated rings. The van der Waals surface area contributed by atoms with E-state index < -0.39 is 0 Å². The molecule has 2 aliphatic heterocycles. The van der Waals surface area contributed by atoms with Gasteiger partial charge in [0.2, 0.25) is 5.91 Å². The predicted octanol–water partition coefficient (Wildman–Crippen LogP) is 4.52. The third kappa shape index (κ3) is 3.22. The molecule has 0 N–H and O–H groups in total. The van der Waals surface area contributed by atoms with Crippen molar-refractivity contribution in [3.05, 3.63) is 75.8 Å². The van der Waals surface area contributed by atoms with E-state index in [1.54, 1.807) is 16.7 Å². The zero-order valence-electron chi connectivity index (χ0n) is 15.5. The molecule has 0 unspecified atom stereocenters. The largest absolute Gasteiger partial charge is 0.344 e. The van der Waals surface area contributed by atoms with Gasteiger partial charge in [-0.3, -0.25) is 9.69 Å². The van der Waals surface area contributed by atoms with Crippen LogP contribution in [0.25, 0.3) is 0 Å². The van der Waals surface area contributed by atoms with Gasteiger partial charge in [0.05, 0.1) is 29.2 Å². The Morgan fingerprint density at radius 3 is 2.56 bits per heavy atom. The second-order valence-corrected chi connectivity index (χ2v) is 7.99. The summed E-state index contributed by atoms with van der Waals surface area (Å²) in [6.07, 6.45) is 0.347. The maximum absolute atomic E-state index is 13.0. The van der Waals surface area contributed by atoms with Gasteiger partial charge in [0.1, 0.15) is 0 Å². The molecule has 1 atom stereocenters. The molecule has 1 amide bonds. The normalized spacial score (nSPS) is 19.7. The molecule has 4 rings (SSSR count). The lowest BCUT2D eigenvalue weighted by Crippen LogP contribution is -2.47. The maximum atomic E-state index is 13.0. The molecule has 2 aromatic carbocycles. The number of aryl methyl sites for hydroxylation is 2. The summed E-state index contributed by atoms with van der Waals surface area (Å²) in [6, 6.07) is 18.8. The van der Waals surface area contributed by atoms with Gasteiger partial charge in [-0.05, 0) is 37.1 Å². The zero-order chi connectivity index (χ0) is 19.0. The van der Waals surface area contributed by atoms with Crippen LogP contribution < -0.4 is 4.90 Å². The van der Waals surface area contributed by atoms with Crippen LogP contribution in [0.5, 0.6) is 0 Å². The van der Waals surface area contributed by atoms with E-state index in [2.05, 4.69) is 42.2 Å². The predicted molar refractivity (Wildman–Crippen MR) is 109 cm³/mol. The molecule has 136 valence electrons. The molecule has 0 saturated carbocycles. The lowest BCUT2D eigenvalue weighted by atomic mass is 9.84. The number of thioether (sulfide) groups is 1. The van der Waals surface area contributed by atoms with E-state index in [-0.39, 0.29) is 11.8 Å². The summed E-state index contributed by atoms with van der Waals surface area (Å²) in [5, 5.41) is 10.7. The highest BCUT2D eigenvalue weighted by molar-refractivity contribution is 8.03. The summed E-state index contributed by atoms with van der Waals surface area (Å²) in [7, 11) is 0. The van der Waals surface area contributed by atoms with Crippen molar-refractivity contribution >= 4 is 23.4 Å². The Balaban J connectivity index is 1.68. The Hall–Kier alpha value is -2.71. The van der Waals surface area contributed by atoms with Gasteiger partial charge in [0.15, 0.2) is 0 Å². The fourth-order valence-electron chi connectivity index (χ4n) is 3.72. The summed E-state index contributed by atoms with van der Waals surface area (Å²) < 4.78 is 0. The van der Waals surface area contributed by atoms with Crippen molar-refractivity contribution < 1.29 is 4.79 Å². The Bertz CT molecular complexity index is 958. The molecular weight excluding hydrogens is 354 g/mol. The van der Waals surface area contributed by atoms with Crippen LogP contribution in [0, 0.1) is 25.2 Å². The summed E-state index contributed by atoms with van der Waals surface area (Å²) in [5.41, 5.74) is 5.23. The summed E-state index contributed by atoms with van der Waals surface area (Å²) >= 11 is 1.58. The highest BCUT2D eigenvalue weighted by Crippen LogP contribution is 2.43. The monoisotopic (exact) mass is 375 g/mol. The van der Waals surface area contributed by atoms with Crippen LogP contribution in [0.15, 0.2) is 59.1 Å². The van der Waals surface area contributed by atoms with Crippen molar-refractivity contribution in [1.82, 2.24) is 4.90 Å². The first-order valence-corrected chi connectivity index (χ1v) is 10.0. The molecule has 2 heterocycles. The van der Waals surface area contributed by atoms with Crippen LogP contribution in [0.1, 0.15) is 29.0 Å². The molecule has 27 heavy (non-hydrogen) atoms. The average Bonchev–Trinajstić information content (AvgIpc) is 2.69. The highest BCUT2D eigenvalue weighted by atomic mass is 32.2. The van der Waals surface area contributed by atoms with E-state index in [1.807, 2.05) is 31.2 Å². The van der Waals surface area contributed by atoms with Crippen LogP contribution in [0.2, 0.25) is 0 Å². The van der Waals surface area contributed by atoms with E-state index in [1.165, 1.54) is 5.56 Å². The highest BCUT2D eigenvalue weighted by Gasteiger charge is 2.38. The fraction of sp³-hybridized carbons (Fsp3) is 0.273. The Kier molecular flexibility index (Phi) is 4.67. The first-order chi connectivity index (χ1) is 13.1. The SMILES string of the molecule is Cc1ccc(N2CSC3=C(C#N)[C@H](c4ccccc4C)CC(=O)N3C2)cc1. The number of hydrogen-bond acceptors (Lipinski definition) is 4. The quantitative estimate of drug-likeness (QED) is 0.774. The summed E-state index contributed by atoms with van der Waals surface area (Å²) in [6.45, 7) is 4.60. The minimum atomic E-state index is -0.145. The lowest BCUT2D eigenvalue weighted by molar-refractivity contribution is -0.129.